The second-order valence-corrected chi connectivity index (χ2v) is 7.39. The maximum atomic E-state index is 12.3. The average Bonchev–Trinajstić information content (AvgIpc) is 3.00. The summed E-state index contributed by atoms with van der Waals surface area (Å²) in [5.74, 6) is 0.425. The Bertz CT molecular complexity index is 524. The SMILES string of the molecule is CCCNCc1cc(S(=O)(=O)NC2CCCC2C)c[nH]1. The smallest absolute Gasteiger partial charge is 0.242 e. The molecule has 1 aliphatic rings. The number of aromatic amines is 1. The molecule has 0 aromatic carbocycles. The van der Waals surface area contributed by atoms with Crippen LogP contribution in [0.1, 0.15) is 45.2 Å². The minimum atomic E-state index is -3.40. The van der Waals surface area contributed by atoms with Crippen LogP contribution in [0.2, 0.25) is 0 Å². The van der Waals surface area contributed by atoms with E-state index in [2.05, 4.69) is 28.9 Å². The van der Waals surface area contributed by atoms with Crippen molar-refractivity contribution in [3.63, 3.8) is 0 Å². The van der Waals surface area contributed by atoms with Crippen LogP contribution in [0.15, 0.2) is 17.2 Å². The summed E-state index contributed by atoms with van der Waals surface area (Å²) < 4.78 is 27.5. The molecular weight excluding hydrogens is 274 g/mol. The van der Waals surface area contributed by atoms with Gasteiger partial charge in [-0.3, -0.25) is 0 Å². The Hall–Kier alpha value is -0.850. The largest absolute Gasteiger partial charge is 0.363 e. The van der Waals surface area contributed by atoms with Crippen LogP contribution in [0.5, 0.6) is 0 Å². The molecular formula is C14H25N3O2S. The highest BCUT2D eigenvalue weighted by Crippen LogP contribution is 2.26. The summed E-state index contributed by atoms with van der Waals surface area (Å²) in [5, 5.41) is 3.25. The highest BCUT2D eigenvalue weighted by atomic mass is 32.2. The van der Waals surface area contributed by atoms with Gasteiger partial charge < -0.3 is 10.3 Å². The molecule has 3 N–H and O–H groups in total. The lowest BCUT2D eigenvalue weighted by molar-refractivity contribution is 0.476. The number of sulfonamides is 1. The summed E-state index contributed by atoms with van der Waals surface area (Å²) in [6.07, 6.45) is 5.79. The summed E-state index contributed by atoms with van der Waals surface area (Å²) in [5.41, 5.74) is 0.901. The lowest BCUT2D eigenvalue weighted by atomic mass is 10.1. The topological polar surface area (TPSA) is 74.0 Å². The van der Waals surface area contributed by atoms with Crippen molar-refractivity contribution >= 4 is 10.0 Å². The van der Waals surface area contributed by atoms with E-state index in [1.54, 1.807) is 12.3 Å². The Morgan fingerprint density at radius 3 is 2.85 bits per heavy atom. The predicted molar refractivity (Wildman–Crippen MR) is 79.9 cm³/mol. The second-order valence-electron chi connectivity index (χ2n) is 5.67. The molecule has 2 rings (SSSR count). The van der Waals surface area contributed by atoms with Gasteiger partial charge in [0, 0.05) is 24.5 Å². The first-order valence-corrected chi connectivity index (χ1v) is 8.91. The minimum Gasteiger partial charge on any atom is -0.363 e. The van der Waals surface area contributed by atoms with Crippen molar-refractivity contribution < 1.29 is 8.42 Å². The number of hydrogen-bond donors (Lipinski definition) is 3. The average molecular weight is 299 g/mol. The van der Waals surface area contributed by atoms with Gasteiger partial charge in [-0.2, -0.15) is 0 Å². The third-order valence-electron chi connectivity index (χ3n) is 3.94. The molecule has 1 heterocycles. The molecule has 6 heteroatoms. The Morgan fingerprint density at radius 2 is 2.20 bits per heavy atom. The summed E-state index contributed by atoms with van der Waals surface area (Å²) in [7, 11) is -3.40. The molecule has 1 aromatic heterocycles. The zero-order valence-electron chi connectivity index (χ0n) is 12.3. The lowest BCUT2D eigenvalue weighted by Gasteiger charge is -2.16. The third-order valence-corrected chi connectivity index (χ3v) is 5.41. The Morgan fingerprint density at radius 1 is 1.40 bits per heavy atom. The van der Waals surface area contributed by atoms with Crippen LogP contribution < -0.4 is 10.0 Å². The Labute approximate surface area is 121 Å². The van der Waals surface area contributed by atoms with Crippen LogP contribution in [0, 0.1) is 5.92 Å². The van der Waals surface area contributed by atoms with E-state index in [-0.39, 0.29) is 6.04 Å². The summed E-state index contributed by atoms with van der Waals surface area (Å²) in [6, 6.07) is 1.79. The fourth-order valence-corrected chi connectivity index (χ4v) is 4.06. The first-order valence-electron chi connectivity index (χ1n) is 7.43. The van der Waals surface area contributed by atoms with Gasteiger partial charge in [0.2, 0.25) is 10.0 Å². The van der Waals surface area contributed by atoms with Crippen molar-refractivity contribution in [3.05, 3.63) is 18.0 Å². The van der Waals surface area contributed by atoms with Crippen LogP contribution >= 0.6 is 0 Å². The van der Waals surface area contributed by atoms with E-state index >= 15 is 0 Å². The number of H-pyrrole nitrogens is 1. The first kappa shape index (κ1) is 15.5. The third kappa shape index (κ3) is 3.84. The summed E-state index contributed by atoms with van der Waals surface area (Å²) in [6.45, 7) is 5.81. The molecule has 20 heavy (non-hydrogen) atoms. The van der Waals surface area contributed by atoms with E-state index in [9.17, 15) is 8.42 Å². The fraction of sp³-hybridized carbons (Fsp3) is 0.714. The zero-order valence-corrected chi connectivity index (χ0v) is 13.1. The van der Waals surface area contributed by atoms with Crippen molar-refractivity contribution in [2.45, 2.75) is 57.0 Å². The normalized spacial score (nSPS) is 23.3. The van der Waals surface area contributed by atoms with Crippen LogP contribution in [-0.4, -0.2) is 26.0 Å². The molecule has 5 nitrogen and oxygen atoms in total. The number of rotatable bonds is 7. The summed E-state index contributed by atoms with van der Waals surface area (Å²) >= 11 is 0. The number of nitrogens with one attached hydrogen (secondary N) is 3. The van der Waals surface area contributed by atoms with Crippen LogP contribution in [-0.2, 0) is 16.6 Å². The Balaban J connectivity index is 1.98. The maximum absolute atomic E-state index is 12.3. The lowest BCUT2D eigenvalue weighted by Crippen LogP contribution is -2.36. The van der Waals surface area contributed by atoms with Gasteiger partial charge in [-0.15, -0.1) is 0 Å². The molecule has 114 valence electrons. The van der Waals surface area contributed by atoms with Crippen molar-refractivity contribution in [1.82, 2.24) is 15.0 Å². The van der Waals surface area contributed by atoms with E-state index in [4.69, 9.17) is 0 Å². The van der Waals surface area contributed by atoms with E-state index in [0.717, 1.165) is 37.9 Å². The van der Waals surface area contributed by atoms with Crippen molar-refractivity contribution in [2.24, 2.45) is 5.92 Å². The van der Waals surface area contributed by atoms with Gasteiger partial charge in [-0.05, 0) is 37.8 Å². The molecule has 0 bridgehead atoms. The van der Waals surface area contributed by atoms with Gasteiger partial charge in [0.25, 0.3) is 0 Å². The summed E-state index contributed by atoms with van der Waals surface area (Å²) in [4.78, 5) is 3.36. The van der Waals surface area contributed by atoms with Crippen molar-refractivity contribution in [2.75, 3.05) is 6.54 Å². The molecule has 0 aliphatic heterocycles. The van der Waals surface area contributed by atoms with Gasteiger partial charge >= 0.3 is 0 Å². The van der Waals surface area contributed by atoms with Crippen LogP contribution in [0.25, 0.3) is 0 Å². The van der Waals surface area contributed by atoms with Crippen molar-refractivity contribution in [1.29, 1.82) is 0 Å². The molecule has 2 atom stereocenters. The quantitative estimate of drug-likeness (QED) is 0.674. The van der Waals surface area contributed by atoms with Gasteiger partial charge in [-0.25, -0.2) is 13.1 Å². The molecule has 1 fully saturated rings. The first-order chi connectivity index (χ1) is 9.53. The molecule has 1 aromatic rings. The molecule has 1 saturated carbocycles. The van der Waals surface area contributed by atoms with E-state index in [0.29, 0.717) is 17.4 Å². The van der Waals surface area contributed by atoms with Crippen molar-refractivity contribution in [3.8, 4) is 0 Å². The monoisotopic (exact) mass is 299 g/mol. The number of aromatic nitrogens is 1. The molecule has 0 radical (unpaired) electrons. The van der Waals surface area contributed by atoms with E-state index in [1.807, 2.05) is 0 Å². The van der Waals surface area contributed by atoms with E-state index < -0.39 is 10.0 Å². The minimum absolute atomic E-state index is 0.0802. The second kappa shape index (κ2) is 6.74. The number of hydrogen-bond acceptors (Lipinski definition) is 3. The Kier molecular flexibility index (Phi) is 5.23. The van der Waals surface area contributed by atoms with Gasteiger partial charge in [0.15, 0.2) is 0 Å². The standard InChI is InChI=1S/C14H25N3O2S/c1-3-7-15-9-12-8-13(10-16-12)20(18,19)17-14-6-4-5-11(14)2/h8,10-11,14-17H,3-7,9H2,1-2H3. The van der Waals surface area contributed by atoms with Gasteiger partial charge in [-0.1, -0.05) is 20.3 Å². The maximum Gasteiger partial charge on any atom is 0.242 e. The zero-order chi connectivity index (χ0) is 14.6. The molecule has 1 aliphatic carbocycles. The fourth-order valence-electron chi connectivity index (χ4n) is 2.66. The van der Waals surface area contributed by atoms with Gasteiger partial charge in [0.05, 0.1) is 4.90 Å². The highest BCUT2D eigenvalue weighted by molar-refractivity contribution is 7.89. The van der Waals surface area contributed by atoms with Crippen LogP contribution in [0.3, 0.4) is 0 Å². The van der Waals surface area contributed by atoms with E-state index in [1.165, 1.54) is 0 Å². The van der Waals surface area contributed by atoms with Crippen LogP contribution in [0.4, 0.5) is 0 Å². The molecule has 0 amide bonds. The predicted octanol–water partition coefficient (Wildman–Crippen LogP) is 1.98. The highest BCUT2D eigenvalue weighted by Gasteiger charge is 2.28. The molecule has 0 spiro atoms. The molecule has 0 saturated heterocycles. The molecule has 2 unspecified atom stereocenters. The van der Waals surface area contributed by atoms with Gasteiger partial charge in [0.1, 0.15) is 0 Å².